The Labute approximate surface area is 161 Å². The molecule has 4 rings (SSSR count). The van der Waals surface area contributed by atoms with Gasteiger partial charge in [0, 0.05) is 13.0 Å². The number of nitrogens with one attached hydrogen (secondary N) is 3. The molecule has 146 valence electrons. The molecule has 3 unspecified atom stereocenters. The first-order valence-corrected chi connectivity index (χ1v) is 10.6. The molecule has 2 saturated carbocycles. The summed E-state index contributed by atoms with van der Waals surface area (Å²) in [7, 11) is 0. The number of carbonyl (C=O) groups is 2. The lowest BCUT2D eigenvalue weighted by molar-refractivity contribution is -0.120. The Balaban J connectivity index is 1.40. The number of urea groups is 1. The molecule has 5 heteroatoms. The van der Waals surface area contributed by atoms with E-state index < -0.39 is 0 Å². The van der Waals surface area contributed by atoms with E-state index in [4.69, 9.17) is 0 Å². The van der Waals surface area contributed by atoms with Crippen molar-refractivity contribution >= 4 is 11.9 Å². The minimum absolute atomic E-state index is 0.0570. The van der Waals surface area contributed by atoms with E-state index in [-0.39, 0.29) is 23.5 Å². The molecule has 3 N–H and O–H groups in total. The van der Waals surface area contributed by atoms with Crippen molar-refractivity contribution in [3.63, 3.8) is 0 Å². The van der Waals surface area contributed by atoms with Gasteiger partial charge in [-0.1, -0.05) is 56.0 Å². The van der Waals surface area contributed by atoms with E-state index in [0.717, 1.165) is 19.3 Å². The molecule has 3 aliphatic rings. The van der Waals surface area contributed by atoms with Gasteiger partial charge in [-0.15, -0.1) is 0 Å². The van der Waals surface area contributed by atoms with Crippen molar-refractivity contribution in [3.8, 4) is 0 Å². The zero-order valence-electron chi connectivity index (χ0n) is 16.0. The highest BCUT2D eigenvalue weighted by atomic mass is 16.2. The number of hydrogen-bond acceptors (Lipinski definition) is 2. The number of fused-ring (bicyclic) bond motifs is 1. The zero-order chi connectivity index (χ0) is 18.7. The molecule has 1 heterocycles. The Hall–Kier alpha value is -2.04. The van der Waals surface area contributed by atoms with Crippen molar-refractivity contribution < 1.29 is 9.59 Å². The quantitative estimate of drug-likeness (QED) is 0.741. The van der Waals surface area contributed by atoms with Crippen molar-refractivity contribution in [2.45, 2.75) is 69.4 Å². The van der Waals surface area contributed by atoms with Gasteiger partial charge < -0.3 is 16.0 Å². The summed E-state index contributed by atoms with van der Waals surface area (Å²) in [5, 5.41) is 9.49. The van der Waals surface area contributed by atoms with Gasteiger partial charge in [-0.05, 0) is 43.1 Å². The second-order valence-corrected chi connectivity index (χ2v) is 8.61. The summed E-state index contributed by atoms with van der Waals surface area (Å²) in [5.41, 5.74) is 0.965. The Morgan fingerprint density at radius 2 is 1.89 bits per heavy atom. The van der Waals surface area contributed by atoms with Gasteiger partial charge in [0.25, 0.3) is 0 Å². The van der Waals surface area contributed by atoms with Crippen molar-refractivity contribution in [2.75, 3.05) is 6.54 Å². The van der Waals surface area contributed by atoms with Gasteiger partial charge in [0.1, 0.15) is 0 Å². The molecular weight excluding hydrogens is 338 g/mol. The normalized spacial score (nSPS) is 29.0. The van der Waals surface area contributed by atoms with E-state index in [1.54, 1.807) is 0 Å². The molecule has 3 fully saturated rings. The monoisotopic (exact) mass is 369 g/mol. The molecule has 5 nitrogen and oxygen atoms in total. The first-order valence-electron chi connectivity index (χ1n) is 10.6. The second-order valence-electron chi connectivity index (χ2n) is 8.61. The smallest absolute Gasteiger partial charge is 0.315 e. The van der Waals surface area contributed by atoms with Gasteiger partial charge in [0.15, 0.2) is 0 Å². The van der Waals surface area contributed by atoms with Crippen molar-refractivity contribution in [2.24, 2.45) is 11.8 Å². The van der Waals surface area contributed by atoms with Crippen molar-refractivity contribution in [1.29, 1.82) is 0 Å². The minimum atomic E-state index is -0.221. The molecule has 1 aromatic carbocycles. The lowest BCUT2D eigenvalue weighted by Gasteiger charge is -2.33. The average Bonchev–Trinajstić information content (AvgIpc) is 3.21. The van der Waals surface area contributed by atoms with Crippen LogP contribution in [0.15, 0.2) is 30.3 Å². The Morgan fingerprint density at radius 3 is 2.67 bits per heavy atom. The first kappa shape index (κ1) is 18.3. The topological polar surface area (TPSA) is 70.2 Å². The third kappa shape index (κ3) is 3.97. The molecule has 3 atom stereocenters. The molecular formula is C22H31N3O2. The van der Waals surface area contributed by atoms with Gasteiger partial charge >= 0.3 is 6.03 Å². The lowest BCUT2D eigenvalue weighted by Crippen LogP contribution is -2.54. The summed E-state index contributed by atoms with van der Waals surface area (Å²) in [6.07, 6.45) is 9.91. The Morgan fingerprint density at radius 1 is 1.11 bits per heavy atom. The highest BCUT2D eigenvalue weighted by molar-refractivity contribution is 5.81. The Bertz CT molecular complexity index is 671. The number of carbonyl (C=O) groups excluding carboxylic acids is 2. The van der Waals surface area contributed by atoms with Crippen LogP contribution in [-0.2, 0) is 4.79 Å². The van der Waals surface area contributed by atoms with Gasteiger partial charge in [-0.2, -0.15) is 0 Å². The average molecular weight is 370 g/mol. The predicted octanol–water partition coefficient (Wildman–Crippen LogP) is 3.67. The fraction of sp³-hybridized carbons (Fsp3) is 0.636. The predicted molar refractivity (Wildman–Crippen MR) is 105 cm³/mol. The first-order chi connectivity index (χ1) is 13.2. The molecule has 27 heavy (non-hydrogen) atoms. The van der Waals surface area contributed by atoms with Crippen LogP contribution in [0, 0.1) is 11.8 Å². The van der Waals surface area contributed by atoms with E-state index in [1.807, 2.05) is 18.2 Å². The summed E-state index contributed by atoms with van der Waals surface area (Å²) in [4.78, 5) is 24.6. The molecule has 0 bridgehead atoms. The third-order valence-corrected chi connectivity index (χ3v) is 6.91. The van der Waals surface area contributed by atoms with Gasteiger partial charge in [0.2, 0.25) is 5.91 Å². The molecule has 2 aliphatic carbocycles. The molecule has 3 amide bonds. The van der Waals surface area contributed by atoms with Gasteiger partial charge in [-0.25, -0.2) is 4.79 Å². The maximum Gasteiger partial charge on any atom is 0.315 e. The van der Waals surface area contributed by atoms with E-state index in [2.05, 4.69) is 28.1 Å². The van der Waals surface area contributed by atoms with Crippen LogP contribution in [0.1, 0.15) is 69.4 Å². The largest absolute Gasteiger partial charge is 0.349 e. The summed E-state index contributed by atoms with van der Waals surface area (Å²) in [6, 6.07) is 10.3. The Kier molecular flexibility index (Phi) is 5.37. The van der Waals surface area contributed by atoms with Crippen LogP contribution in [0.2, 0.25) is 0 Å². The van der Waals surface area contributed by atoms with Crippen LogP contribution in [0.25, 0.3) is 0 Å². The van der Waals surface area contributed by atoms with E-state index in [1.165, 1.54) is 37.7 Å². The number of benzene rings is 1. The molecule has 1 saturated heterocycles. The lowest BCUT2D eigenvalue weighted by atomic mass is 9.81. The highest BCUT2D eigenvalue weighted by Crippen LogP contribution is 2.41. The van der Waals surface area contributed by atoms with E-state index in [0.29, 0.717) is 24.8 Å². The number of amides is 3. The maximum atomic E-state index is 12.8. The molecule has 0 radical (unpaired) electrons. The van der Waals surface area contributed by atoms with Crippen LogP contribution in [0.3, 0.4) is 0 Å². The van der Waals surface area contributed by atoms with Crippen LogP contribution in [-0.4, -0.2) is 24.0 Å². The van der Waals surface area contributed by atoms with Gasteiger partial charge in [0.05, 0.1) is 11.6 Å². The summed E-state index contributed by atoms with van der Waals surface area (Å²) >= 11 is 0. The fourth-order valence-corrected chi connectivity index (χ4v) is 5.47. The number of hydrogen-bond donors (Lipinski definition) is 3. The standard InChI is InChI=1S/C22H31N3O2/c26-19-14-18-12-7-13-22(18,25-19)15-23-21(27)24-20(16-8-3-1-4-9-16)17-10-5-2-6-11-17/h1,3-4,8-9,17-18,20H,2,5-7,10-15H2,(H,25,26)(H2,23,24,27). The van der Waals surface area contributed by atoms with Gasteiger partial charge in [-0.3, -0.25) is 4.79 Å². The van der Waals surface area contributed by atoms with Crippen LogP contribution in [0.4, 0.5) is 4.79 Å². The van der Waals surface area contributed by atoms with E-state index in [9.17, 15) is 9.59 Å². The van der Waals surface area contributed by atoms with E-state index >= 15 is 0 Å². The third-order valence-electron chi connectivity index (χ3n) is 6.91. The SMILES string of the molecule is O=C1CC2CCCC2(CNC(=O)NC(c2ccccc2)C2CCCCC2)N1. The summed E-state index contributed by atoms with van der Waals surface area (Å²) < 4.78 is 0. The second kappa shape index (κ2) is 7.91. The van der Waals surface area contributed by atoms with Crippen LogP contribution >= 0.6 is 0 Å². The minimum Gasteiger partial charge on any atom is -0.349 e. The summed E-state index contributed by atoms with van der Waals surface area (Å²) in [6.45, 7) is 0.529. The molecule has 1 aliphatic heterocycles. The zero-order valence-corrected chi connectivity index (χ0v) is 16.0. The molecule has 0 aromatic heterocycles. The van der Waals surface area contributed by atoms with Crippen LogP contribution in [0.5, 0.6) is 0 Å². The van der Waals surface area contributed by atoms with Crippen molar-refractivity contribution in [3.05, 3.63) is 35.9 Å². The number of rotatable bonds is 5. The molecule has 1 aromatic rings. The molecule has 0 spiro atoms. The summed E-state index contributed by atoms with van der Waals surface area (Å²) in [5.74, 6) is 0.996. The maximum absolute atomic E-state index is 12.8. The highest BCUT2D eigenvalue weighted by Gasteiger charge is 2.49. The van der Waals surface area contributed by atoms with Crippen molar-refractivity contribution in [1.82, 2.24) is 16.0 Å². The fourth-order valence-electron chi connectivity index (χ4n) is 5.47. The van der Waals surface area contributed by atoms with Crippen LogP contribution < -0.4 is 16.0 Å².